The summed E-state index contributed by atoms with van der Waals surface area (Å²) in [6.07, 6.45) is 82.5. The summed E-state index contributed by atoms with van der Waals surface area (Å²) in [5.41, 5.74) is 9.46. The molecule has 0 fully saturated rings. The number of thiophene rings is 4. The standard InChI is InChI=1S/C88H139FN2S5/c1-5-9-13-17-21-25-29-33-37-41-45-49-53-57-63-87(64-58-54-50-46-42-38-34-30-26-22-18-14-10-6-2)73-61-67-92-83(73)85-75(87)70-78(94-85)72-69-77(89)80(82-81(72)90-96-91-82)79-71-76-86(95-79)84-74(62-68-93-84)88(76,65-59-55-51-47-43-39-35-31-27-23-19-15-11-7-3)66-60-56-52-48-44-40-36-32-28-24-20-16-12-8-4/h61-62,67-71H,5-60,63-66H2,1-4H3. The Morgan fingerprint density at radius 3 is 0.854 bits per heavy atom. The average Bonchev–Trinajstić information content (AvgIpc) is 1.56. The van der Waals surface area contributed by atoms with Crippen LogP contribution in [0.4, 0.5) is 4.39 Å². The molecule has 2 nitrogen and oxygen atoms in total. The second-order valence-corrected chi connectivity index (χ2v) is 35.3. The molecule has 2 aliphatic rings. The summed E-state index contributed by atoms with van der Waals surface area (Å²) in [5, 5.41) is 4.74. The molecule has 2 aliphatic carbocycles. The first-order chi connectivity index (χ1) is 47.5. The molecule has 0 aliphatic heterocycles. The van der Waals surface area contributed by atoms with Crippen LogP contribution in [0.2, 0.25) is 0 Å². The molecular formula is C88H139FN2S5. The van der Waals surface area contributed by atoms with Crippen molar-refractivity contribution in [2.75, 3.05) is 0 Å². The Morgan fingerprint density at radius 2 is 0.552 bits per heavy atom. The Hall–Kier alpha value is -2.23. The van der Waals surface area contributed by atoms with E-state index in [9.17, 15) is 0 Å². The van der Waals surface area contributed by atoms with E-state index in [4.69, 9.17) is 8.75 Å². The maximum absolute atomic E-state index is 17.9. The van der Waals surface area contributed by atoms with Gasteiger partial charge in [-0.25, -0.2) is 4.39 Å². The molecule has 0 atom stereocenters. The fourth-order valence-electron chi connectivity index (χ4n) is 17.2. The number of fused-ring (bicyclic) bond motifs is 7. The summed E-state index contributed by atoms with van der Waals surface area (Å²) < 4.78 is 28.0. The van der Waals surface area contributed by atoms with Crippen LogP contribution in [0.3, 0.4) is 0 Å². The van der Waals surface area contributed by atoms with Gasteiger partial charge in [0, 0.05) is 45.7 Å². The summed E-state index contributed by atoms with van der Waals surface area (Å²) in [4.78, 5) is 8.00. The zero-order chi connectivity index (χ0) is 67.0. The number of hydrogen-bond donors (Lipinski definition) is 0. The third-order valence-corrected chi connectivity index (χ3v) is 28.1. The molecule has 0 spiro atoms. The molecule has 0 amide bonds. The third-order valence-electron chi connectivity index (χ3n) is 23.1. The summed E-state index contributed by atoms with van der Waals surface area (Å²) in [5.74, 6) is -0.137. The first-order valence-electron chi connectivity index (χ1n) is 41.9. The number of rotatable bonds is 62. The van der Waals surface area contributed by atoms with Crippen LogP contribution < -0.4 is 0 Å². The Labute approximate surface area is 610 Å². The molecular weight excluding hydrogens is 1260 g/mol. The second-order valence-electron chi connectivity index (χ2n) is 30.8. The molecule has 1 aromatic carbocycles. The van der Waals surface area contributed by atoms with Crippen LogP contribution in [0.1, 0.15) is 435 Å². The van der Waals surface area contributed by atoms with Crippen molar-refractivity contribution in [3.63, 3.8) is 0 Å². The normalized spacial score (nSPS) is 13.6. The number of hydrogen-bond acceptors (Lipinski definition) is 7. The van der Waals surface area contributed by atoms with E-state index in [1.807, 2.05) is 51.4 Å². The lowest BCUT2D eigenvalue weighted by molar-refractivity contribution is 0.397. The molecule has 538 valence electrons. The van der Waals surface area contributed by atoms with Gasteiger partial charge < -0.3 is 0 Å². The highest BCUT2D eigenvalue weighted by Gasteiger charge is 2.47. The van der Waals surface area contributed by atoms with Crippen molar-refractivity contribution in [3.8, 4) is 40.4 Å². The summed E-state index contributed by atoms with van der Waals surface area (Å²) in [6.45, 7) is 9.27. The molecule has 8 heteroatoms. The minimum absolute atomic E-state index is 0.00639. The molecule has 96 heavy (non-hydrogen) atoms. The van der Waals surface area contributed by atoms with Crippen molar-refractivity contribution in [2.24, 2.45) is 0 Å². The van der Waals surface area contributed by atoms with Gasteiger partial charge in [0.2, 0.25) is 0 Å². The van der Waals surface area contributed by atoms with Gasteiger partial charge in [-0.2, -0.15) is 8.75 Å². The van der Waals surface area contributed by atoms with E-state index in [2.05, 4.69) is 62.7 Å². The Kier molecular flexibility index (Phi) is 39.0. The topological polar surface area (TPSA) is 25.8 Å². The van der Waals surface area contributed by atoms with Gasteiger partial charge in [0.1, 0.15) is 16.9 Å². The fraction of sp³-hybridized carbons (Fsp3) is 0.750. The van der Waals surface area contributed by atoms with Crippen molar-refractivity contribution < 1.29 is 4.39 Å². The van der Waals surface area contributed by atoms with Crippen LogP contribution in [-0.2, 0) is 10.8 Å². The van der Waals surface area contributed by atoms with Gasteiger partial charge in [-0.05, 0) is 89.0 Å². The van der Waals surface area contributed by atoms with Crippen molar-refractivity contribution >= 4 is 68.1 Å². The van der Waals surface area contributed by atoms with Gasteiger partial charge in [0.25, 0.3) is 0 Å². The highest BCUT2D eigenvalue weighted by Crippen LogP contribution is 2.62. The van der Waals surface area contributed by atoms with E-state index in [1.165, 1.54) is 432 Å². The molecule has 0 unspecified atom stereocenters. The van der Waals surface area contributed by atoms with Crippen molar-refractivity contribution in [3.05, 3.63) is 69.2 Å². The summed E-state index contributed by atoms with van der Waals surface area (Å²) in [6, 6.07) is 11.9. The van der Waals surface area contributed by atoms with Gasteiger partial charge in [-0.15, -0.1) is 45.3 Å². The molecule has 5 heterocycles. The molecule has 0 radical (unpaired) electrons. The Bertz CT molecular complexity index is 2880. The maximum atomic E-state index is 17.9. The second kappa shape index (κ2) is 47.1. The SMILES string of the molecule is CCCCCCCCCCCCCCCCC1(CCCCCCCCCCCCCCCC)c2ccsc2-c2sc(-c3cc(F)c(-c4cc5c(s4)-c4sccc4C5(CCCCCCCCCCCCCCCC)CCCCCCCCCCCCCCCC)c4nsnc34)cc21. The van der Waals surface area contributed by atoms with Crippen LogP contribution in [-0.4, -0.2) is 8.75 Å². The highest BCUT2D eigenvalue weighted by molar-refractivity contribution is 7.24. The molecule has 8 rings (SSSR count). The molecule has 0 bridgehead atoms. The Morgan fingerprint density at radius 1 is 0.292 bits per heavy atom. The zero-order valence-electron chi connectivity index (χ0n) is 62.3. The first-order valence-corrected chi connectivity index (χ1v) is 46.0. The predicted octanol–water partition coefficient (Wildman–Crippen LogP) is 33.4. The number of unbranched alkanes of at least 4 members (excludes halogenated alkanes) is 52. The minimum atomic E-state index is -0.137. The molecule has 0 saturated heterocycles. The van der Waals surface area contributed by atoms with Gasteiger partial charge >= 0.3 is 0 Å². The van der Waals surface area contributed by atoms with E-state index in [0.717, 1.165) is 21.5 Å². The molecule has 0 N–H and O–H groups in total. The van der Waals surface area contributed by atoms with Gasteiger partial charge in [-0.1, -0.05) is 387 Å². The minimum Gasteiger partial charge on any atom is -0.206 e. The van der Waals surface area contributed by atoms with E-state index in [0.29, 0.717) is 5.56 Å². The highest BCUT2D eigenvalue weighted by atomic mass is 32.1. The number of halogens is 1. The van der Waals surface area contributed by atoms with Crippen molar-refractivity contribution in [1.29, 1.82) is 0 Å². The van der Waals surface area contributed by atoms with Crippen molar-refractivity contribution in [2.45, 2.75) is 424 Å². The van der Waals surface area contributed by atoms with Crippen LogP contribution in [0, 0.1) is 5.82 Å². The van der Waals surface area contributed by atoms with E-state index < -0.39 is 0 Å². The van der Waals surface area contributed by atoms with Crippen LogP contribution in [0.5, 0.6) is 0 Å². The fourth-order valence-corrected chi connectivity index (χ4v) is 22.7. The predicted molar refractivity (Wildman–Crippen MR) is 432 cm³/mol. The lowest BCUT2D eigenvalue weighted by Crippen LogP contribution is -2.25. The van der Waals surface area contributed by atoms with E-state index in [1.54, 1.807) is 11.1 Å². The lowest BCUT2D eigenvalue weighted by Gasteiger charge is -2.31. The first kappa shape index (κ1) is 79.5. The van der Waals surface area contributed by atoms with Gasteiger partial charge in [0.15, 0.2) is 0 Å². The van der Waals surface area contributed by atoms with Crippen molar-refractivity contribution in [1.82, 2.24) is 8.75 Å². The quantitative estimate of drug-likeness (QED) is 0.0356. The summed E-state index contributed by atoms with van der Waals surface area (Å²) >= 11 is 8.91. The monoisotopic (exact) mass is 1400 g/mol. The summed E-state index contributed by atoms with van der Waals surface area (Å²) in [7, 11) is 0. The maximum Gasteiger partial charge on any atom is 0.134 e. The smallest absolute Gasteiger partial charge is 0.134 e. The number of benzene rings is 1. The van der Waals surface area contributed by atoms with Crippen LogP contribution in [0.25, 0.3) is 51.4 Å². The van der Waals surface area contributed by atoms with Crippen LogP contribution in [0.15, 0.2) is 41.1 Å². The Balaban J connectivity index is 0.948. The van der Waals surface area contributed by atoms with Gasteiger partial charge in [0.05, 0.1) is 17.3 Å². The average molecular weight is 1400 g/mol. The van der Waals surface area contributed by atoms with Gasteiger partial charge in [-0.3, -0.25) is 0 Å². The largest absolute Gasteiger partial charge is 0.206 e. The number of nitrogens with zero attached hydrogens (tertiary/aromatic N) is 2. The van der Waals surface area contributed by atoms with Crippen LogP contribution >= 0.6 is 57.1 Å². The lowest BCUT2D eigenvalue weighted by atomic mass is 9.71. The zero-order valence-corrected chi connectivity index (χ0v) is 66.4. The number of aromatic nitrogens is 2. The molecule has 6 aromatic rings. The van der Waals surface area contributed by atoms with E-state index in [-0.39, 0.29) is 16.6 Å². The molecule has 5 aromatic heterocycles. The van der Waals surface area contributed by atoms with E-state index >= 15 is 4.39 Å². The third kappa shape index (κ3) is 24.5. The molecule has 0 saturated carbocycles.